The molecule has 1 saturated heterocycles. The largest absolute Gasteiger partial charge is 0.387 e. The first kappa shape index (κ1) is 20.4. The van der Waals surface area contributed by atoms with Gasteiger partial charge in [-0.05, 0) is 72.4 Å². The molecule has 0 radical (unpaired) electrons. The Morgan fingerprint density at radius 1 is 1.00 bits per heavy atom. The van der Waals surface area contributed by atoms with Crippen LogP contribution < -0.4 is 16.0 Å². The number of hydrogen-bond donors (Lipinski definition) is 3. The van der Waals surface area contributed by atoms with Crippen LogP contribution in [0.2, 0.25) is 0 Å². The van der Waals surface area contributed by atoms with Crippen LogP contribution in [-0.2, 0) is 0 Å². The summed E-state index contributed by atoms with van der Waals surface area (Å²) < 4.78 is 0. The zero-order valence-electron chi connectivity index (χ0n) is 16.6. The molecule has 0 aromatic heterocycles. The van der Waals surface area contributed by atoms with Crippen molar-refractivity contribution in [3.8, 4) is 0 Å². The topological polar surface area (TPSA) is 42.6 Å². The third-order valence-electron chi connectivity index (χ3n) is 5.26. The van der Waals surface area contributed by atoms with Gasteiger partial charge in [0, 0.05) is 37.9 Å². The first-order valence-electron chi connectivity index (χ1n) is 10.1. The molecule has 1 heterocycles. The molecule has 0 aromatic rings. The van der Waals surface area contributed by atoms with E-state index in [0.717, 1.165) is 52.2 Å². The van der Waals surface area contributed by atoms with Crippen LogP contribution in [0.5, 0.6) is 0 Å². The maximum absolute atomic E-state index is 3.70. The SMILES string of the molecule is CC1CNCCN(C)CCCNC2=CC=CCC2N(C)CCCCN1. The van der Waals surface area contributed by atoms with E-state index in [0.29, 0.717) is 12.1 Å². The summed E-state index contributed by atoms with van der Waals surface area (Å²) in [4.78, 5) is 4.94. The van der Waals surface area contributed by atoms with E-state index in [9.17, 15) is 0 Å². The van der Waals surface area contributed by atoms with Crippen LogP contribution in [-0.4, -0.2) is 81.8 Å². The van der Waals surface area contributed by atoms with Gasteiger partial charge in [-0.25, -0.2) is 0 Å². The van der Waals surface area contributed by atoms with E-state index in [1.165, 1.54) is 25.0 Å². The second-order valence-electron chi connectivity index (χ2n) is 7.63. The number of rotatable bonds is 0. The molecule has 0 spiro atoms. The normalized spacial score (nSPS) is 29.8. The Morgan fingerprint density at radius 3 is 2.76 bits per heavy atom. The summed E-state index contributed by atoms with van der Waals surface area (Å²) in [6.07, 6.45) is 11.6. The lowest BCUT2D eigenvalue weighted by atomic mass is 10.0. The molecule has 0 aromatic carbocycles. The molecular weight excluding hydrogens is 310 g/mol. The molecule has 5 heteroatoms. The number of nitrogens with one attached hydrogen (secondary N) is 3. The zero-order chi connectivity index (χ0) is 17.9. The van der Waals surface area contributed by atoms with Gasteiger partial charge in [-0.3, -0.25) is 4.90 Å². The van der Waals surface area contributed by atoms with Crippen LogP contribution in [0.25, 0.3) is 0 Å². The van der Waals surface area contributed by atoms with Crippen LogP contribution in [0.15, 0.2) is 23.9 Å². The standard InChI is InChI=1S/C20H39N5/c1-18-17-21-13-16-24(2)14-8-12-23-19-9-4-5-10-20(19)25(3)15-7-6-11-22-18/h4-5,9,18,20-23H,6-8,10-17H2,1-3H3. The van der Waals surface area contributed by atoms with Crippen molar-refractivity contribution in [2.75, 3.05) is 59.9 Å². The van der Waals surface area contributed by atoms with Gasteiger partial charge in [0.2, 0.25) is 0 Å². The molecule has 2 unspecified atom stereocenters. The molecule has 144 valence electrons. The van der Waals surface area contributed by atoms with Gasteiger partial charge in [-0.2, -0.15) is 0 Å². The molecule has 25 heavy (non-hydrogen) atoms. The smallest absolute Gasteiger partial charge is 0.0527 e. The van der Waals surface area contributed by atoms with Crippen molar-refractivity contribution in [1.29, 1.82) is 0 Å². The van der Waals surface area contributed by atoms with E-state index >= 15 is 0 Å². The van der Waals surface area contributed by atoms with Crippen LogP contribution in [0.4, 0.5) is 0 Å². The van der Waals surface area contributed by atoms with Gasteiger partial charge in [-0.15, -0.1) is 0 Å². The fraction of sp³-hybridized carbons (Fsp3) is 0.800. The first-order chi connectivity index (χ1) is 12.2. The maximum Gasteiger partial charge on any atom is 0.0527 e. The highest BCUT2D eigenvalue weighted by Gasteiger charge is 2.19. The number of fused-ring (bicyclic) bond motifs is 1. The lowest BCUT2D eigenvalue weighted by Gasteiger charge is -2.32. The molecule has 0 saturated carbocycles. The Bertz CT molecular complexity index is 420. The fourth-order valence-electron chi connectivity index (χ4n) is 3.56. The Morgan fingerprint density at radius 2 is 1.88 bits per heavy atom. The Hall–Kier alpha value is -0.880. The third-order valence-corrected chi connectivity index (χ3v) is 5.26. The molecule has 2 aliphatic rings. The van der Waals surface area contributed by atoms with Crippen molar-refractivity contribution >= 4 is 0 Å². The van der Waals surface area contributed by atoms with Gasteiger partial charge in [0.05, 0.1) is 6.04 Å². The summed E-state index contributed by atoms with van der Waals surface area (Å²) in [6, 6.07) is 1.06. The van der Waals surface area contributed by atoms with Crippen LogP contribution in [0, 0.1) is 0 Å². The van der Waals surface area contributed by atoms with E-state index in [4.69, 9.17) is 0 Å². The third kappa shape index (κ3) is 7.90. The summed E-state index contributed by atoms with van der Waals surface area (Å²) in [5, 5.41) is 10.9. The average molecular weight is 350 g/mol. The monoisotopic (exact) mass is 349 g/mol. The number of nitrogens with zero attached hydrogens (tertiary/aromatic N) is 2. The molecule has 1 aliphatic heterocycles. The number of hydrogen-bond acceptors (Lipinski definition) is 5. The van der Waals surface area contributed by atoms with Gasteiger partial charge in [0.15, 0.2) is 0 Å². The van der Waals surface area contributed by atoms with Gasteiger partial charge >= 0.3 is 0 Å². The zero-order valence-corrected chi connectivity index (χ0v) is 16.6. The summed E-state index contributed by atoms with van der Waals surface area (Å²) in [7, 11) is 4.49. The molecule has 2 atom stereocenters. The van der Waals surface area contributed by atoms with Crippen molar-refractivity contribution in [3.63, 3.8) is 0 Å². The Balaban J connectivity index is 1.87. The highest BCUT2D eigenvalue weighted by Crippen LogP contribution is 2.17. The quantitative estimate of drug-likeness (QED) is 0.617. The number of likely N-dealkylation sites (N-methyl/N-ethyl adjacent to an activating group) is 2. The minimum atomic E-state index is 0.512. The van der Waals surface area contributed by atoms with Crippen molar-refractivity contribution in [1.82, 2.24) is 25.8 Å². The Labute approximate surface area is 154 Å². The molecule has 3 N–H and O–H groups in total. The molecule has 1 aliphatic carbocycles. The van der Waals surface area contributed by atoms with Gasteiger partial charge < -0.3 is 20.9 Å². The second-order valence-corrected chi connectivity index (χ2v) is 7.63. The molecule has 0 bridgehead atoms. The van der Waals surface area contributed by atoms with Crippen molar-refractivity contribution in [2.45, 2.75) is 44.7 Å². The average Bonchev–Trinajstić information content (AvgIpc) is 2.61. The van der Waals surface area contributed by atoms with Crippen LogP contribution >= 0.6 is 0 Å². The van der Waals surface area contributed by atoms with E-state index < -0.39 is 0 Å². The van der Waals surface area contributed by atoms with E-state index in [1.54, 1.807) is 0 Å². The van der Waals surface area contributed by atoms with Crippen molar-refractivity contribution in [3.05, 3.63) is 23.9 Å². The van der Waals surface area contributed by atoms with E-state index in [-0.39, 0.29) is 0 Å². The van der Waals surface area contributed by atoms with Crippen LogP contribution in [0.3, 0.4) is 0 Å². The summed E-state index contributed by atoms with van der Waals surface area (Å²) in [6.45, 7) is 9.99. The molecule has 5 nitrogen and oxygen atoms in total. The minimum Gasteiger partial charge on any atom is -0.387 e. The summed E-state index contributed by atoms with van der Waals surface area (Å²) >= 11 is 0. The molecular formula is C20H39N5. The highest BCUT2D eigenvalue weighted by molar-refractivity contribution is 5.22. The Kier molecular flexibility index (Phi) is 9.55. The predicted molar refractivity (Wildman–Crippen MR) is 108 cm³/mol. The van der Waals surface area contributed by atoms with Gasteiger partial charge in [0.1, 0.15) is 0 Å². The van der Waals surface area contributed by atoms with E-state index in [2.05, 4.69) is 65.0 Å². The van der Waals surface area contributed by atoms with Crippen molar-refractivity contribution in [2.24, 2.45) is 0 Å². The fourth-order valence-corrected chi connectivity index (χ4v) is 3.56. The minimum absolute atomic E-state index is 0.512. The van der Waals surface area contributed by atoms with Gasteiger partial charge in [0.25, 0.3) is 0 Å². The molecule has 0 amide bonds. The lowest BCUT2D eigenvalue weighted by molar-refractivity contribution is 0.254. The van der Waals surface area contributed by atoms with E-state index in [1.807, 2.05) is 0 Å². The van der Waals surface area contributed by atoms with Gasteiger partial charge in [-0.1, -0.05) is 12.2 Å². The summed E-state index contributed by atoms with van der Waals surface area (Å²) in [5.74, 6) is 0. The highest BCUT2D eigenvalue weighted by atomic mass is 15.2. The van der Waals surface area contributed by atoms with Crippen molar-refractivity contribution < 1.29 is 0 Å². The number of allylic oxidation sites excluding steroid dienone is 2. The first-order valence-corrected chi connectivity index (χ1v) is 10.1. The molecule has 2 rings (SSSR count). The second kappa shape index (κ2) is 11.7. The lowest BCUT2D eigenvalue weighted by Crippen LogP contribution is -2.41. The summed E-state index contributed by atoms with van der Waals surface area (Å²) in [5.41, 5.74) is 1.39. The van der Waals surface area contributed by atoms with Crippen LogP contribution in [0.1, 0.15) is 32.6 Å². The maximum atomic E-state index is 3.70. The molecule has 1 fully saturated rings. The predicted octanol–water partition coefficient (Wildman–Crippen LogP) is 1.40.